The number of aliphatic hydroxyl groups is 1. The van der Waals surface area contributed by atoms with Crippen molar-refractivity contribution in [3.63, 3.8) is 0 Å². The highest BCUT2D eigenvalue weighted by Crippen LogP contribution is 2.49. The molecule has 1 aromatic carbocycles. The number of anilines is 1. The molecule has 440 valence electrons. The molecule has 4 heterocycles. The van der Waals surface area contributed by atoms with Crippen LogP contribution in [0.25, 0.3) is 0 Å². The van der Waals surface area contributed by atoms with Gasteiger partial charge in [0.15, 0.2) is 5.72 Å². The number of epoxide rings is 1. The second-order valence-corrected chi connectivity index (χ2v) is 24.7. The number of allylic oxidation sites excluding steroid dienone is 11. The minimum atomic E-state index is -1.88. The van der Waals surface area contributed by atoms with Gasteiger partial charge in [0, 0.05) is 64.3 Å². The van der Waals surface area contributed by atoms with E-state index < -0.39 is 82.4 Å². The van der Waals surface area contributed by atoms with E-state index in [9.17, 15) is 38.7 Å². The first-order chi connectivity index (χ1) is 38.4. The molecule has 20 heteroatoms. The average Bonchev–Trinajstić information content (AvgIpc) is 4.16. The fourth-order valence-electron chi connectivity index (χ4n) is 11.4. The third-order valence-electron chi connectivity index (χ3n) is 16.7. The number of carbonyl (C=O) groups excluding carboxylic acids is 7. The van der Waals surface area contributed by atoms with E-state index >= 15 is 0 Å². The zero-order chi connectivity index (χ0) is 59.0. The van der Waals surface area contributed by atoms with Crippen molar-refractivity contribution in [2.24, 2.45) is 17.8 Å². The van der Waals surface area contributed by atoms with Crippen LogP contribution < -0.4 is 20.3 Å². The number of ether oxygens (including phenoxy) is 5. The fourth-order valence-corrected chi connectivity index (χ4v) is 12.8. The molecule has 6 aliphatic rings. The Bertz CT molecular complexity index is 2780. The maximum atomic E-state index is 14.4. The highest BCUT2D eigenvalue weighted by molar-refractivity contribution is 8.00. The van der Waals surface area contributed by atoms with Crippen LogP contribution in [0.5, 0.6) is 5.75 Å². The highest BCUT2D eigenvalue weighted by atomic mass is 35.5. The van der Waals surface area contributed by atoms with Crippen LogP contribution >= 0.6 is 23.4 Å². The number of thioether (sulfide) groups is 1. The number of halogens is 1. The summed E-state index contributed by atoms with van der Waals surface area (Å²) < 4.78 is 29.6. The van der Waals surface area contributed by atoms with Crippen molar-refractivity contribution in [1.82, 2.24) is 15.1 Å². The first kappa shape index (κ1) is 62.8. The van der Waals surface area contributed by atoms with Crippen molar-refractivity contribution in [3.05, 3.63) is 107 Å². The molecule has 9 unspecified atom stereocenters. The van der Waals surface area contributed by atoms with Gasteiger partial charge in [0.1, 0.15) is 46.3 Å². The molecule has 3 saturated heterocycles. The van der Waals surface area contributed by atoms with E-state index in [1.165, 1.54) is 54.7 Å². The van der Waals surface area contributed by atoms with E-state index in [1.54, 1.807) is 45.2 Å². The Balaban J connectivity index is 0.956. The number of quaternary nitrogens is 1. The first-order valence-electron chi connectivity index (χ1n) is 28.0. The van der Waals surface area contributed by atoms with Crippen molar-refractivity contribution in [2.75, 3.05) is 45.5 Å². The number of alkyl carbamates (subject to hydrolysis) is 1. The van der Waals surface area contributed by atoms with Crippen LogP contribution in [0.2, 0.25) is 5.02 Å². The number of likely N-dealkylation sites (tertiary alicyclic amines) is 1. The summed E-state index contributed by atoms with van der Waals surface area (Å²) >= 11 is 8.07. The molecule has 18 nitrogen and oxygen atoms in total. The van der Waals surface area contributed by atoms with Crippen LogP contribution in [0.4, 0.5) is 10.5 Å². The molecule has 6 amide bonds. The van der Waals surface area contributed by atoms with Crippen LogP contribution in [0.3, 0.4) is 0 Å². The maximum absolute atomic E-state index is 14.4. The number of hydrogen-bond donors (Lipinski definition) is 3. The number of benzene rings is 1. The normalized spacial score (nSPS) is 29.6. The Morgan fingerprint density at radius 2 is 1.72 bits per heavy atom. The van der Waals surface area contributed by atoms with E-state index in [2.05, 4.69) is 17.5 Å². The summed E-state index contributed by atoms with van der Waals surface area (Å²) in [7, 11) is 5.92. The van der Waals surface area contributed by atoms with Gasteiger partial charge in [-0.05, 0) is 96.8 Å². The van der Waals surface area contributed by atoms with Gasteiger partial charge in [-0.25, -0.2) is 14.4 Å². The lowest BCUT2D eigenvalue weighted by atomic mass is 9.80. The monoisotopic (exact) mass is 1160 g/mol. The predicted molar refractivity (Wildman–Crippen MR) is 309 cm³/mol. The summed E-state index contributed by atoms with van der Waals surface area (Å²) in [6.45, 7) is 11.3. The van der Waals surface area contributed by atoms with Crippen molar-refractivity contribution in [2.45, 2.75) is 158 Å². The molecule has 4 fully saturated rings. The number of esters is 1. The summed E-state index contributed by atoms with van der Waals surface area (Å²) in [6.07, 6.45) is 22.2. The molecule has 4 N–H and O–H groups in total. The van der Waals surface area contributed by atoms with Gasteiger partial charge >= 0.3 is 18.0 Å². The molecular formula is C61H81ClN5O13S+. The molecule has 0 radical (unpaired) electrons. The van der Waals surface area contributed by atoms with Crippen LogP contribution in [-0.4, -0.2) is 150 Å². The number of amides is 6. The van der Waals surface area contributed by atoms with E-state index in [-0.39, 0.29) is 66.0 Å². The lowest BCUT2D eigenvalue weighted by Crippen LogP contribution is -2.99. The van der Waals surface area contributed by atoms with Gasteiger partial charge in [-0.2, -0.15) is 0 Å². The van der Waals surface area contributed by atoms with E-state index in [4.69, 9.17) is 35.3 Å². The second-order valence-electron chi connectivity index (χ2n) is 23.0. The summed E-state index contributed by atoms with van der Waals surface area (Å²) in [4.78, 5) is 100.0. The summed E-state index contributed by atoms with van der Waals surface area (Å²) in [5.74, 6) is -2.25. The molecule has 0 aromatic heterocycles. The molecule has 4 bridgehead atoms. The van der Waals surface area contributed by atoms with Gasteiger partial charge in [0.2, 0.25) is 23.6 Å². The minimum Gasteiger partial charge on any atom is -0.495 e. The third kappa shape index (κ3) is 15.2. The highest BCUT2D eigenvalue weighted by Gasteiger charge is 2.64. The van der Waals surface area contributed by atoms with E-state index in [0.29, 0.717) is 37.2 Å². The number of nitrogens with zero attached hydrogens (tertiary/aromatic N) is 3. The summed E-state index contributed by atoms with van der Waals surface area (Å²) in [6, 6.07) is 2.42. The molecular weight excluding hydrogens is 1080 g/mol. The number of nitrogens with two attached hydrogens (primary N) is 1. The number of imide groups is 1. The topological polar surface area (TPSA) is 228 Å². The Morgan fingerprint density at radius 1 is 1.00 bits per heavy atom. The van der Waals surface area contributed by atoms with Crippen LogP contribution in [0.1, 0.15) is 105 Å². The number of fused-ring (bicyclic) bond motifs is 5. The predicted octanol–water partition coefficient (Wildman–Crippen LogP) is 7.00. The minimum absolute atomic E-state index is 0.0175. The third-order valence-corrected chi connectivity index (χ3v) is 18.3. The lowest BCUT2D eigenvalue weighted by Gasteiger charge is -2.42. The summed E-state index contributed by atoms with van der Waals surface area (Å²) in [5.41, 5.74) is -0.636. The number of primary amides is 1. The smallest absolute Gasteiger partial charge is 0.409 e. The molecule has 4 aliphatic heterocycles. The Hall–Kier alpha value is -5.83. The standard InChI is InChI=1S/C61H80ClN5O13S/c1-37-20-19-23-48(77-10)61(75)35-46(78-58(74)64-61)38(2)54-60(6,80-54)49(34-51(69)66(8)44-31-41(30-37)32-45(76-9)53(44)62)79-57(73)39(3)65(7)50(68)28-29-81-47-33-52(70)67(56(47)72)36-40-24-26-42(27-25-40)55(71)63-59(4,5)43-21-17-15-13-11-12-14-16-18-22-43/h11,13-23,31-32,38-40,42,46-49,54,75H,12,24-30,33-36H2,1-10H3,(H,63,71)(H,64,74)/p+1. The van der Waals surface area contributed by atoms with Crippen LogP contribution in [0.15, 0.2) is 96.2 Å². The lowest BCUT2D eigenvalue weighted by molar-refractivity contribution is -0.632. The molecule has 1 aromatic rings. The number of nitrogens with one attached hydrogen (secondary N) is 1. The van der Waals surface area contributed by atoms with Crippen molar-refractivity contribution >= 4 is 70.6 Å². The quantitative estimate of drug-likeness (QED) is 0.0969. The average molecular weight is 1160 g/mol. The summed E-state index contributed by atoms with van der Waals surface area (Å²) in [5, 5.41) is 15.8. The maximum Gasteiger partial charge on any atom is 0.409 e. The van der Waals surface area contributed by atoms with Crippen LogP contribution in [-0.2, 0) is 54.1 Å². The SMILES string of the molecule is COc1cc2cc(c1Cl)N(C)C(=O)CC(OC(=O)C(C)N(C)C(=O)CCSC1CC(=O)N(CC3CCC(C(=O)[NH2+]C(C)(C)C4=CC=CC=CCC=CC=C4)CC3)C1=O)C1(C)OC1C(C)C1CC(O)(NC(=O)O1)C(OC)C=CC=C(C)C2. The molecule has 7 rings (SSSR count). The van der Waals surface area contributed by atoms with Crippen molar-refractivity contribution in [1.29, 1.82) is 0 Å². The largest absolute Gasteiger partial charge is 0.495 e. The molecule has 1 saturated carbocycles. The second kappa shape index (κ2) is 27.0. The van der Waals surface area contributed by atoms with Gasteiger partial charge in [-0.1, -0.05) is 97.0 Å². The zero-order valence-electron chi connectivity index (χ0n) is 48.3. The molecule has 2 aliphatic carbocycles. The number of methoxy groups -OCH3 is 2. The number of hydrogen-bond acceptors (Lipinski definition) is 14. The number of carbonyl (C=O) groups is 7. The van der Waals surface area contributed by atoms with Gasteiger partial charge in [-0.3, -0.25) is 34.7 Å². The van der Waals surface area contributed by atoms with Crippen LogP contribution in [0, 0.1) is 17.8 Å². The number of likely N-dealkylation sites (N-methyl/N-ethyl adjacent to an activating group) is 1. The van der Waals surface area contributed by atoms with E-state index in [1.807, 2.05) is 74.7 Å². The van der Waals surface area contributed by atoms with Gasteiger partial charge < -0.3 is 38.6 Å². The molecule has 0 spiro atoms. The van der Waals surface area contributed by atoms with E-state index in [0.717, 1.165) is 36.0 Å². The first-order valence-corrected chi connectivity index (χ1v) is 29.4. The van der Waals surface area contributed by atoms with Crippen molar-refractivity contribution < 1.29 is 67.7 Å². The Labute approximate surface area is 485 Å². The Kier molecular flexibility index (Phi) is 21.0. The zero-order valence-corrected chi connectivity index (χ0v) is 49.9. The van der Waals surface area contributed by atoms with Gasteiger partial charge in [0.25, 0.3) is 0 Å². The molecule has 81 heavy (non-hydrogen) atoms. The van der Waals surface area contributed by atoms with Gasteiger partial charge in [0.05, 0.1) is 36.5 Å². The molecule has 9 atom stereocenters. The number of rotatable bonds is 14. The Morgan fingerprint density at radius 3 is 2.42 bits per heavy atom. The fraction of sp³-hybridized carbons (Fsp3) is 0.557. The van der Waals surface area contributed by atoms with Gasteiger partial charge in [-0.15, -0.1) is 11.8 Å². The van der Waals surface area contributed by atoms with Crippen molar-refractivity contribution in [3.8, 4) is 5.75 Å².